The van der Waals surface area contributed by atoms with Crippen molar-refractivity contribution in [2.45, 2.75) is 13.0 Å². The van der Waals surface area contributed by atoms with Gasteiger partial charge in [-0.3, -0.25) is 4.79 Å². The number of rotatable bonds is 5. The van der Waals surface area contributed by atoms with E-state index in [0.717, 1.165) is 0 Å². The Morgan fingerprint density at radius 2 is 2.35 bits per heavy atom. The van der Waals surface area contributed by atoms with E-state index in [2.05, 4.69) is 10.6 Å². The van der Waals surface area contributed by atoms with Gasteiger partial charge in [0, 0.05) is 18.3 Å². The Morgan fingerprint density at radius 3 is 3.00 bits per heavy atom. The van der Waals surface area contributed by atoms with Crippen molar-refractivity contribution >= 4 is 11.6 Å². The lowest BCUT2D eigenvalue weighted by Crippen LogP contribution is -2.48. The van der Waals surface area contributed by atoms with Crippen molar-refractivity contribution in [1.82, 2.24) is 5.32 Å². The third-order valence-electron chi connectivity index (χ3n) is 2.97. The van der Waals surface area contributed by atoms with Gasteiger partial charge in [0.05, 0.1) is 26.9 Å². The molecule has 0 spiro atoms. The van der Waals surface area contributed by atoms with Crippen LogP contribution in [0.3, 0.4) is 0 Å². The van der Waals surface area contributed by atoms with Gasteiger partial charge in [-0.1, -0.05) is 0 Å². The number of carbonyl (C=O) groups excluding carboxylic acids is 1. The number of nitrogens with one attached hydrogen (secondary N) is 2. The second kappa shape index (κ2) is 7.12. The summed E-state index contributed by atoms with van der Waals surface area (Å²) in [6, 6.07) is 4.99. The zero-order valence-electron chi connectivity index (χ0n) is 11.8. The van der Waals surface area contributed by atoms with Crippen LogP contribution in [0.25, 0.3) is 0 Å². The fourth-order valence-corrected chi connectivity index (χ4v) is 1.98. The number of ether oxygens (including phenoxy) is 3. The predicted molar refractivity (Wildman–Crippen MR) is 75.4 cm³/mol. The van der Waals surface area contributed by atoms with E-state index in [0.29, 0.717) is 43.6 Å². The summed E-state index contributed by atoms with van der Waals surface area (Å²) in [5, 5.41) is 5.95. The minimum absolute atomic E-state index is 0.115. The molecule has 1 atom stereocenters. The van der Waals surface area contributed by atoms with Crippen LogP contribution < -0.4 is 20.1 Å². The first-order valence-electron chi connectivity index (χ1n) is 6.67. The molecule has 6 nitrogen and oxygen atoms in total. The third kappa shape index (κ3) is 3.61. The number of morpholine rings is 1. The molecule has 0 saturated carbocycles. The van der Waals surface area contributed by atoms with Crippen LogP contribution >= 0.6 is 0 Å². The van der Waals surface area contributed by atoms with Crippen molar-refractivity contribution in [3.05, 3.63) is 18.2 Å². The number of benzene rings is 1. The second-order valence-corrected chi connectivity index (χ2v) is 4.37. The second-order valence-electron chi connectivity index (χ2n) is 4.37. The molecule has 1 aliphatic heterocycles. The molecular weight excluding hydrogens is 260 g/mol. The number of carbonyl (C=O) groups is 1. The Balaban J connectivity index is 2.03. The lowest BCUT2D eigenvalue weighted by atomic mass is 10.2. The Morgan fingerprint density at radius 1 is 1.50 bits per heavy atom. The van der Waals surface area contributed by atoms with E-state index in [4.69, 9.17) is 14.2 Å². The summed E-state index contributed by atoms with van der Waals surface area (Å²) in [4.78, 5) is 12.1. The maximum Gasteiger partial charge on any atom is 0.243 e. The molecule has 6 heteroatoms. The van der Waals surface area contributed by atoms with E-state index in [-0.39, 0.29) is 11.9 Å². The maximum atomic E-state index is 12.1. The van der Waals surface area contributed by atoms with Crippen LogP contribution in [0.5, 0.6) is 11.5 Å². The lowest BCUT2D eigenvalue weighted by Gasteiger charge is -2.23. The Kier molecular flexibility index (Phi) is 5.20. The van der Waals surface area contributed by atoms with Crippen LogP contribution in [0.15, 0.2) is 18.2 Å². The molecule has 1 aliphatic rings. The number of anilines is 1. The highest BCUT2D eigenvalue weighted by atomic mass is 16.5. The molecule has 1 saturated heterocycles. The first kappa shape index (κ1) is 14.6. The van der Waals surface area contributed by atoms with Crippen molar-refractivity contribution in [1.29, 1.82) is 0 Å². The van der Waals surface area contributed by atoms with Crippen molar-refractivity contribution in [3.63, 3.8) is 0 Å². The van der Waals surface area contributed by atoms with Crippen molar-refractivity contribution in [2.24, 2.45) is 0 Å². The van der Waals surface area contributed by atoms with E-state index >= 15 is 0 Å². The normalized spacial score (nSPS) is 18.4. The largest absolute Gasteiger partial charge is 0.493 e. The average molecular weight is 280 g/mol. The summed E-state index contributed by atoms with van der Waals surface area (Å²) < 4.78 is 16.0. The molecule has 20 heavy (non-hydrogen) atoms. The predicted octanol–water partition coefficient (Wildman–Crippen LogP) is 1.02. The Labute approximate surface area is 118 Å². The van der Waals surface area contributed by atoms with Gasteiger partial charge in [0.2, 0.25) is 5.91 Å². The Bertz CT molecular complexity index is 458. The number of hydrogen-bond donors (Lipinski definition) is 2. The van der Waals surface area contributed by atoms with Gasteiger partial charge in [-0.2, -0.15) is 0 Å². The number of hydrogen-bond acceptors (Lipinski definition) is 5. The van der Waals surface area contributed by atoms with Gasteiger partial charge >= 0.3 is 0 Å². The summed E-state index contributed by atoms with van der Waals surface area (Å²) in [7, 11) is 1.57. The molecule has 1 aromatic rings. The van der Waals surface area contributed by atoms with E-state index in [1.807, 2.05) is 6.92 Å². The van der Waals surface area contributed by atoms with Crippen LogP contribution in [-0.2, 0) is 9.53 Å². The van der Waals surface area contributed by atoms with Gasteiger partial charge in [0.25, 0.3) is 0 Å². The first-order valence-corrected chi connectivity index (χ1v) is 6.67. The molecule has 2 N–H and O–H groups in total. The standard InChI is InChI=1S/C14H20N2O4/c1-3-20-12-5-4-10(8-13(12)18-2)16-14(17)11-9-19-7-6-15-11/h4-5,8,11,15H,3,6-7,9H2,1-2H3,(H,16,17). The van der Waals surface area contributed by atoms with E-state index in [9.17, 15) is 4.79 Å². The number of methoxy groups -OCH3 is 1. The van der Waals surface area contributed by atoms with E-state index in [1.165, 1.54) is 0 Å². The summed E-state index contributed by atoms with van der Waals surface area (Å²) in [5.74, 6) is 1.14. The molecule has 1 aromatic carbocycles. The SMILES string of the molecule is CCOc1ccc(NC(=O)C2COCCN2)cc1OC. The molecular formula is C14H20N2O4. The highest BCUT2D eigenvalue weighted by Gasteiger charge is 2.21. The van der Waals surface area contributed by atoms with Crippen LogP contribution in [0.1, 0.15) is 6.92 Å². The highest BCUT2D eigenvalue weighted by Crippen LogP contribution is 2.30. The molecule has 1 heterocycles. The van der Waals surface area contributed by atoms with Crippen molar-refractivity contribution < 1.29 is 19.0 Å². The summed E-state index contributed by atoms with van der Waals surface area (Å²) >= 11 is 0. The average Bonchev–Trinajstić information content (AvgIpc) is 2.50. The van der Waals surface area contributed by atoms with Gasteiger partial charge in [0.1, 0.15) is 6.04 Å². The maximum absolute atomic E-state index is 12.1. The Hall–Kier alpha value is -1.79. The van der Waals surface area contributed by atoms with Crippen LogP contribution in [0.4, 0.5) is 5.69 Å². The van der Waals surface area contributed by atoms with Crippen LogP contribution in [-0.4, -0.2) is 45.4 Å². The minimum Gasteiger partial charge on any atom is -0.493 e. The van der Waals surface area contributed by atoms with Gasteiger partial charge in [-0.25, -0.2) is 0 Å². The molecule has 0 aromatic heterocycles. The molecule has 1 unspecified atom stereocenters. The van der Waals surface area contributed by atoms with E-state index < -0.39 is 0 Å². The summed E-state index contributed by atoms with van der Waals surface area (Å²) in [6.45, 7) is 4.18. The smallest absolute Gasteiger partial charge is 0.243 e. The third-order valence-corrected chi connectivity index (χ3v) is 2.97. The van der Waals surface area contributed by atoms with Crippen molar-refractivity contribution in [2.75, 3.05) is 38.8 Å². The van der Waals surface area contributed by atoms with Gasteiger partial charge in [-0.15, -0.1) is 0 Å². The molecule has 1 amide bonds. The minimum atomic E-state index is -0.318. The molecule has 0 bridgehead atoms. The van der Waals surface area contributed by atoms with Gasteiger partial charge in [0.15, 0.2) is 11.5 Å². The van der Waals surface area contributed by atoms with Gasteiger partial charge < -0.3 is 24.8 Å². The fourth-order valence-electron chi connectivity index (χ4n) is 1.98. The number of amides is 1. The fraction of sp³-hybridized carbons (Fsp3) is 0.500. The van der Waals surface area contributed by atoms with Crippen molar-refractivity contribution in [3.8, 4) is 11.5 Å². The van der Waals surface area contributed by atoms with E-state index in [1.54, 1.807) is 25.3 Å². The van der Waals surface area contributed by atoms with Gasteiger partial charge in [-0.05, 0) is 19.1 Å². The molecule has 1 fully saturated rings. The lowest BCUT2D eigenvalue weighted by molar-refractivity contribution is -0.120. The summed E-state index contributed by atoms with van der Waals surface area (Å²) in [5.41, 5.74) is 0.669. The summed E-state index contributed by atoms with van der Waals surface area (Å²) in [6.07, 6.45) is 0. The highest BCUT2D eigenvalue weighted by molar-refractivity contribution is 5.95. The quantitative estimate of drug-likeness (QED) is 0.843. The van der Waals surface area contributed by atoms with Crippen LogP contribution in [0.2, 0.25) is 0 Å². The molecule has 2 rings (SSSR count). The molecule has 0 radical (unpaired) electrons. The molecule has 110 valence electrons. The zero-order chi connectivity index (χ0) is 14.4. The zero-order valence-corrected chi connectivity index (χ0v) is 11.8. The monoisotopic (exact) mass is 280 g/mol. The van der Waals surface area contributed by atoms with Crippen LogP contribution in [0, 0.1) is 0 Å². The topological polar surface area (TPSA) is 68.8 Å². The first-order chi connectivity index (χ1) is 9.74. The molecule has 0 aliphatic carbocycles.